The van der Waals surface area contributed by atoms with E-state index >= 15 is 0 Å². The molecule has 0 bridgehead atoms. The van der Waals surface area contributed by atoms with Crippen molar-refractivity contribution in [2.75, 3.05) is 13.2 Å². The van der Waals surface area contributed by atoms with Crippen LogP contribution in [0.2, 0.25) is 0 Å². The van der Waals surface area contributed by atoms with E-state index in [0.29, 0.717) is 19.6 Å². The second-order valence-electron chi connectivity index (χ2n) is 5.65. The highest BCUT2D eigenvalue weighted by atomic mass is 16.5. The van der Waals surface area contributed by atoms with Crippen LogP contribution in [0.5, 0.6) is 5.75 Å². The Morgan fingerprint density at radius 2 is 2.10 bits per heavy atom. The molecule has 0 saturated heterocycles. The Kier molecular flexibility index (Phi) is 5.01. The lowest BCUT2D eigenvalue weighted by Gasteiger charge is -2.36. The highest BCUT2D eigenvalue weighted by molar-refractivity contribution is 5.78. The molecule has 1 saturated carbocycles. The maximum atomic E-state index is 11.9. The summed E-state index contributed by atoms with van der Waals surface area (Å²) >= 11 is 0. The van der Waals surface area contributed by atoms with Crippen molar-refractivity contribution in [1.82, 2.24) is 5.32 Å². The van der Waals surface area contributed by atoms with Gasteiger partial charge in [0.15, 0.2) is 0 Å². The molecule has 0 heterocycles. The molecule has 4 heteroatoms. The third-order valence-corrected chi connectivity index (χ3v) is 3.89. The van der Waals surface area contributed by atoms with Crippen LogP contribution in [0.15, 0.2) is 30.3 Å². The molecular weight excluding hydrogens is 254 g/mol. The van der Waals surface area contributed by atoms with Gasteiger partial charge >= 0.3 is 0 Å². The first-order valence-corrected chi connectivity index (χ1v) is 7.27. The number of amides is 1. The standard InChI is InChI=1S/C16H23NO3/c1-13(8-11-20-14-6-3-2-4-7-14)15(18)17-12-16(19)9-5-10-16/h2-4,6-7,13,19H,5,8-12H2,1H3,(H,17,18). The average Bonchev–Trinajstić information content (AvgIpc) is 2.43. The molecule has 0 aliphatic heterocycles. The summed E-state index contributed by atoms with van der Waals surface area (Å²) in [5.74, 6) is 0.702. The minimum atomic E-state index is -0.657. The van der Waals surface area contributed by atoms with Crippen molar-refractivity contribution in [3.63, 3.8) is 0 Å². The molecule has 0 aromatic heterocycles. The molecule has 1 aliphatic rings. The van der Waals surface area contributed by atoms with Gasteiger partial charge in [-0.25, -0.2) is 0 Å². The predicted octanol–water partition coefficient (Wildman–Crippen LogP) is 2.12. The monoisotopic (exact) mass is 277 g/mol. The van der Waals surface area contributed by atoms with Crippen LogP contribution in [0.25, 0.3) is 0 Å². The van der Waals surface area contributed by atoms with Gasteiger partial charge in [0.2, 0.25) is 5.91 Å². The first-order valence-electron chi connectivity index (χ1n) is 7.27. The summed E-state index contributed by atoms with van der Waals surface area (Å²) in [5, 5.41) is 12.8. The average molecular weight is 277 g/mol. The van der Waals surface area contributed by atoms with Crippen LogP contribution >= 0.6 is 0 Å². The van der Waals surface area contributed by atoms with Crippen molar-refractivity contribution in [3.05, 3.63) is 30.3 Å². The van der Waals surface area contributed by atoms with Gasteiger partial charge in [-0.1, -0.05) is 25.1 Å². The fourth-order valence-corrected chi connectivity index (χ4v) is 2.19. The van der Waals surface area contributed by atoms with E-state index in [0.717, 1.165) is 25.0 Å². The Hall–Kier alpha value is -1.55. The van der Waals surface area contributed by atoms with Gasteiger partial charge in [0.05, 0.1) is 12.2 Å². The third-order valence-electron chi connectivity index (χ3n) is 3.89. The van der Waals surface area contributed by atoms with E-state index in [-0.39, 0.29) is 11.8 Å². The highest BCUT2D eigenvalue weighted by Gasteiger charge is 2.34. The number of rotatable bonds is 7. The molecular formula is C16H23NO3. The maximum absolute atomic E-state index is 11.9. The summed E-state index contributed by atoms with van der Waals surface area (Å²) in [7, 11) is 0. The van der Waals surface area contributed by atoms with Crippen LogP contribution in [0, 0.1) is 5.92 Å². The number of hydrogen-bond acceptors (Lipinski definition) is 3. The first-order chi connectivity index (χ1) is 9.59. The summed E-state index contributed by atoms with van der Waals surface area (Å²) < 4.78 is 5.58. The minimum Gasteiger partial charge on any atom is -0.494 e. The van der Waals surface area contributed by atoms with Crippen LogP contribution in [0.3, 0.4) is 0 Å². The van der Waals surface area contributed by atoms with E-state index < -0.39 is 5.60 Å². The number of ether oxygens (including phenoxy) is 1. The predicted molar refractivity (Wildman–Crippen MR) is 77.5 cm³/mol. The van der Waals surface area contributed by atoms with Crippen LogP contribution in [-0.4, -0.2) is 29.8 Å². The summed E-state index contributed by atoms with van der Waals surface area (Å²) in [6.45, 7) is 2.77. The Balaban J connectivity index is 1.63. The maximum Gasteiger partial charge on any atom is 0.223 e. The number of para-hydroxylation sites is 1. The smallest absolute Gasteiger partial charge is 0.223 e. The van der Waals surface area contributed by atoms with Crippen molar-refractivity contribution >= 4 is 5.91 Å². The van der Waals surface area contributed by atoms with Crippen LogP contribution in [0.4, 0.5) is 0 Å². The van der Waals surface area contributed by atoms with Crippen LogP contribution in [-0.2, 0) is 4.79 Å². The van der Waals surface area contributed by atoms with E-state index in [1.54, 1.807) is 0 Å². The van der Waals surface area contributed by atoms with E-state index in [1.165, 1.54) is 0 Å². The molecule has 4 nitrogen and oxygen atoms in total. The number of aliphatic hydroxyl groups is 1. The molecule has 1 atom stereocenters. The Morgan fingerprint density at radius 3 is 2.70 bits per heavy atom. The molecule has 1 aromatic rings. The lowest BCUT2D eigenvalue weighted by molar-refractivity contribution is -0.127. The first kappa shape index (κ1) is 14.9. The molecule has 1 unspecified atom stereocenters. The van der Waals surface area contributed by atoms with Crippen LogP contribution < -0.4 is 10.1 Å². The van der Waals surface area contributed by atoms with Crippen molar-refractivity contribution in [3.8, 4) is 5.75 Å². The second-order valence-corrected chi connectivity index (χ2v) is 5.65. The molecule has 110 valence electrons. The molecule has 0 spiro atoms. The second kappa shape index (κ2) is 6.75. The summed E-state index contributed by atoms with van der Waals surface area (Å²) in [5.41, 5.74) is -0.657. The van der Waals surface area contributed by atoms with Crippen molar-refractivity contribution in [2.24, 2.45) is 5.92 Å². The molecule has 0 radical (unpaired) electrons. The quantitative estimate of drug-likeness (QED) is 0.802. The Labute approximate surface area is 120 Å². The number of benzene rings is 1. The van der Waals surface area contributed by atoms with E-state index in [2.05, 4.69) is 5.32 Å². The lowest BCUT2D eigenvalue weighted by Crippen LogP contribution is -2.48. The molecule has 20 heavy (non-hydrogen) atoms. The normalized spacial score (nSPS) is 17.9. The van der Waals surface area contributed by atoms with Crippen LogP contribution in [0.1, 0.15) is 32.6 Å². The van der Waals surface area contributed by atoms with Gasteiger partial charge in [0.25, 0.3) is 0 Å². The number of nitrogens with one attached hydrogen (secondary N) is 1. The van der Waals surface area contributed by atoms with Crippen molar-refractivity contribution in [1.29, 1.82) is 0 Å². The lowest BCUT2D eigenvalue weighted by atomic mass is 9.80. The largest absolute Gasteiger partial charge is 0.494 e. The molecule has 1 amide bonds. The zero-order valence-corrected chi connectivity index (χ0v) is 12.0. The van der Waals surface area contributed by atoms with Gasteiger partial charge in [0, 0.05) is 12.5 Å². The van der Waals surface area contributed by atoms with Gasteiger partial charge in [-0.3, -0.25) is 4.79 Å². The summed E-state index contributed by atoms with van der Waals surface area (Å²) in [4.78, 5) is 11.9. The zero-order chi connectivity index (χ0) is 14.4. The topological polar surface area (TPSA) is 58.6 Å². The van der Waals surface area contributed by atoms with Crippen molar-refractivity contribution in [2.45, 2.75) is 38.2 Å². The SMILES string of the molecule is CC(CCOc1ccccc1)C(=O)NCC1(O)CCC1. The van der Waals surface area contributed by atoms with Gasteiger partial charge in [0.1, 0.15) is 5.75 Å². The third kappa shape index (κ3) is 4.23. The molecule has 2 N–H and O–H groups in total. The van der Waals surface area contributed by atoms with Gasteiger partial charge in [-0.2, -0.15) is 0 Å². The summed E-state index contributed by atoms with van der Waals surface area (Å²) in [6.07, 6.45) is 3.30. The molecule has 2 rings (SSSR count). The number of carbonyl (C=O) groups excluding carboxylic acids is 1. The fourth-order valence-electron chi connectivity index (χ4n) is 2.19. The molecule has 1 fully saturated rings. The Bertz CT molecular complexity index is 429. The molecule has 1 aromatic carbocycles. The Morgan fingerprint density at radius 1 is 1.40 bits per heavy atom. The highest BCUT2D eigenvalue weighted by Crippen LogP contribution is 2.30. The molecule has 1 aliphatic carbocycles. The van der Waals surface area contributed by atoms with Crippen molar-refractivity contribution < 1.29 is 14.6 Å². The van der Waals surface area contributed by atoms with Gasteiger partial charge in [-0.15, -0.1) is 0 Å². The fraction of sp³-hybridized carbons (Fsp3) is 0.562. The number of carbonyl (C=O) groups is 1. The van der Waals surface area contributed by atoms with E-state index in [9.17, 15) is 9.90 Å². The zero-order valence-electron chi connectivity index (χ0n) is 12.0. The minimum absolute atomic E-state index is 0.0120. The van der Waals surface area contributed by atoms with E-state index in [4.69, 9.17) is 4.74 Å². The summed E-state index contributed by atoms with van der Waals surface area (Å²) in [6, 6.07) is 9.58. The number of hydrogen-bond donors (Lipinski definition) is 2. The van der Waals surface area contributed by atoms with Gasteiger partial charge < -0.3 is 15.2 Å². The van der Waals surface area contributed by atoms with Gasteiger partial charge in [-0.05, 0) is 37.8 Å². The van der Waals surface area contributed by atoms with E-state index in [1.807, 2.05) is 37.3 Å².